The molecule has 4 fully saturated rings. The van der Waals surface area contributed by atoms with Gasteiger partial charge in [-0.05, 0) is 6.42 Å². The van der Waals surface area contributed by atoms with Crippen molar-refractivity contribution >= 4 is 0 Å². The van der Waals surface area contributed by atoms with E-state index in [0.717, 1.165) is 0 Å². The number of hydrogen-bond donors (Lipinski definition) is 13. The molecule has 18 N–H and O–H groups in total. The van der Waals surface area contributed by atoms with Gasteiger partial charge in [-0.25, -0.2) is 0 Å². The van der Waals surface area contributed by atoms with Crippen molar-refractivity contribution in [2.45, 2.75) is 123 Å². The second-order valence-electron chi connectivity index (χ2n) is 11.2. The normalized spacial score (nSPS) is 53.8. The third kappa shape index (κ3) is 6.60. The summed E-state index contributed by atoms with van der Waals surface area (Å²) in [7, 11) is 0. The van der Waals surface area contributed by atoms with Crippen molar-refractivity contribution < 1.29 is 69.3 Å². The Bertz CT molecular complexity index is 866. The van der Waals surface area contributed by atoms with Gasteiger partial charge in [0.1, 0.15) is 67.1 Å². The van der Waals surface area contributed by atoms with Crippen LogP contribution in [-0.2, 0) is 28.4 Å². The molecule has 19 heteroatoms. The molecule has 0 aromatic rings. The highest BCUT2D eigenvalue weighted by atomic mass is 16.8. The lowest BCUT2D eigenvalue weighted by molar-refractivity contribution is -0.310. The third-order valence-electron chi connectivity index (χ3n) is 8.32. The largest absolute Gasteiger partial charge is 0.394 e. The van der Waals surface area contributed by atoms with E-state index in [0.29, 0.717) is 0 Å². The summed E-state index contributed by atoms with van der Waals surface area (Å²) in [6.45, 7) is -1.49. The van der Waals surface area contributed by atoms with Crippen LogP contribution in [0.2, 0.25) is 0 Å². The zero-order chi connectivity index (χ0) is 31.0. The van der Waals surface area contributed by atoms with Crippen LogP contribution in [0.5, 0.6) is 0 Å². The number of nitrogens with two attached hydrogens (primary N) is 5. The minimum atomic E-state index is -1.62. The summed E-state index contributed by atoms with van der Waals surface area (Å²) in [5.74, 6) is 0. The van der Waals surface area contributed by atoms with E-state index >= 15 is 0 Å². The van der Waals surface area contributed by atoms with Gasteiger partial charge in [0.25, 0.3) is 0 Å². The van der Waals surface area contributed by atoms with Crippen molar-refractivity contribution in [3.05, 3.63) is 0 Å². The van der Waals surface area contributed by atoms with Crippen molar-refractivity contribution in [3.63, 3.8) is 0 Å². The van der Waals surface area contributed by atoms with Gasteiger partial charge in [-0.2, -0.15) is 0 Å². The summed E-state index contributed by atoms with van der Waals surface area (Å²) in [4.78, 5) is 0. The van der Waals surface area contributed by atoms with E-state index in [2.05, 4.69) is 0 Å². The predicted octanol–water partition coefficient (Wildman–Crippen LogP) is -8.86. The first-order valence-corrected chi connectivity index (χ1v) is 13.8. The molecule has 0 amide bonds. The van der Waals surface area contributed by atoms with Crippen molar-refractivity contribution in [1.82, 2.24) is 0 Å². The van der Waals surface area contributed by atoms with Gasteiger partial charge < -0.3 is 97.9 Å². The summed E-state index contributed by atoms with van der Waals surface area (Å²) in [5, 5.41) is 82.3. The maximum Gasteiger partial charge on any atom is 0.187 e. The molecule has 3 aliphatic heterocycles. The third-order valence-corrected chi connectivity index (χ3v) is 8.32. The molecule has 19 atom stereocenters. The van der Waals surface area contributed by atoms with Gasteiger partial charge in [-0.3, -0.25) is 0 Å². The van der Waals surface area contributed by atoms with Gasteiger partial charge in [0.05, 0.1) is 31.4 Å². The first-order chi connectivity index (χ1) is 19.8. The summed E-state index contributed by atoms with van der Waals surface area (Å²) in [6, 6.07) is -4.30. The minimum Gasteiger partial charge on any atom is -0.394 e. The molecular formula is C23H45N5O14. The maximum absolute atomic E-state index is 11.1. The van der Waals surface area contributed by atoms with Crippen LogP contribution in [0.1, 0.15) is 6.42 Å². The highest BCUT2D eigenvalue weighted by Gasteiger charge is 2.54. The van der Waals surface area contributed by atoms with E-state index in [1.165, 1.54) is 0 Å². The molecule has 1 aliphatic carbocycles. The van der Waals surface area contributed by atoms with Crippen molar-refractivity contribution in [2.24, 2.45) is 28.7 Å². The lowest BCUT2D eigenvalue weighted by Crippen LogP contribution is -2.68. The molecular weight excluding hydrogens is 570 g/mol. The molecule has 4 aliphatic rings. The zero-order valence-corrected chi connectivity index (χ0v) is 22.7. The number of aliphatic hydroxyl groups is 8. The Morgan fingerprint density at radius 3 is 1.55 bits per heavy atom. The SMILES string of the molecule is NC[C@@H]1O[C@H](O[C@H]2C(CO)OC(OC3[C@H](O[C@@H]4OC(CO)[C@@H](O)C(O)[C@@H]4N)C(N)C[C@@H](N)[C@H]3O)[C@H]2O)C(N)C(O)[C@@H]1O. The molecule has 0 radical (unpaired) electrons. The molecule has 0 aromatic carbocycles. The molecule has 19 nitrogen and oxygen atoms in total. The standard InChI is InChI=1S/C23H45N5O14/c24-2-7-13(32)15(34)10(27)21(37-7)41-19-9(4-30)39-23(17(19)36)42-20-12(31)5(25)1-6(26)18(20)40-22-11(28)16(35)14(33)8(3-29)38-22/h5-23,29-36H,1-4,24-28H2/t5-,6?,7+,8?,9?,10?,11+,12-,13-,14-,15?,16?,17+,18-,19+,20?,21-,22+,23?/m1/s1. The monoisotopic (exact) mass is 615 g/mol. The smallest absolute Gasteiger partial charge is 0.187 e. The van der Waals surface area contributed by atoms with Crippen molar-refractivity contribution in [1.29, 1.82) is 0 Å². The summed E-state index contributed by atoms with van der Waals surface area (Å²) < 4.78 is 34.4. The van der Waals surface area contributed by atoms with Gasteiger partial charge >= 0.3 is 0 Å². The fourth-order valence-electron chi connectivity index (χ4n) is 5.70. The Balaban J connectivity index is 1.50. The molecule has 0 bridgehead atoms. The second-order valence-corrected chi connectivity index (χ2v) is 11.2. The molecule has 246 valence electrons. The molecule has 3 heterocycles. The fourth-order valence-corrected chi connectivity index (χ4v) is 5.70. The first kappa shape index (κ1) is 34.1. The van der Waals surface area contributed by atoms with E-state index in [1.807, 2.05) is 0 Å². The van der Waals surface area contributed by atoms with Gasteiger partial charge in [0.15, 0.2) is 18.9 Å². The van der Waals surface area contributed by atoms with E-state index in [4.69, 9.17) is 57.1 Å². The Morgan fingerprint density at radius 2 is 1.00 bits per heavy atom. The van der Waals surface area contributed by atoms with E-state index in [1.54, 1.807) is 0 Å². The van der Waals surface area contributed by atoms with E-state index in [9.17, 15) is 40.9 Å². The average molecular weight is 616 g/mol. The van der Waals surface area contributed by atoms with Gasteiger partial charge in [-0.15, -0.1) is 0 Å². The number of rotatable bonds is 9. The highest BCUT2D eigenvalue weighted by molar-refractivity contribution is 5.02. The van der Waals surface area contributed by atoms with E-state index < -0.39 is 129 Å². The molecule has 3 saturated heterocycles. The molecule has 1 saturated carbocycles. The maximum atomic E-state index is 11.1. The number of aliphatic hydroxyl groups excluding tert-OH is 8. The zero-order valence-electron chi connectivity index (χ0n) is 22.7. The second kappa shape index (κ2) is 14.1. The summed E-state index contributed by atoms with van der Waals surface area (Å²) in [5.41, 5.74) is 29.9. The van der Waals surface area contributed by atoms with Gasteiger partial charge in [-0.1, -0.05) is 0 Å². The van der Waals surface area contributed by atoms with Crippen LogP contribution in [0, 0.1) is 0 Å². The molecule has 0 spiro atoms. The Morgan fingerprint density at radius 1 is 0.524 bits per heavy atom. The van der Waals surface area contributed by atoms with Gasteiger partial charge in [0.2, 0.25) is 0 Å². The van der Waals surface area contributed by atoms with Crippen LogP contribution < -0.4 is 28.7 Å². The topological polar surface area (TPSA) is 347 Å². The predicted molar refractivity (Wildman–Crippen MR) is 136 cm³/mol. The summed E-state index contributed by atoms with van der Waals surface area (Å²) in [6.07, 6.45) is -20.5. The van der Waals surface area contributed by atoms with Gasteiger partial charge in [0, 0.05) is 18.6 Å². The minimum absolute atomic E-state index is 0.0642. The first-order valence-electron chi connectivity index (χ1n) is 13.8. The average Bonchev–Trinajstić information content (AvgIpc) is 3.27. The number of hydrogen-bond acceptors (Lipinski definition) is 19. The fraction of sp³-hybridized carbons (Fsp3) is 1.00. The number of ether oxygens (including phenoxy) is 6. The highest BCUT2D eigenvalue weighted by Crippen LogP contribution is 2.34. The van der Waals surface area contributed by atoms with E-state index in [-0.39, 0.29) is 13.0 Å². The van der Waals surface area contributed by atoms with Crippen molar-refractivity contribution in [2.75, 3.05) is 19.8 Å². The Labute approximate surface area is 240 Å². The molecule has 42 heavy (non-hydrogen) atoms. The molecule has 0 aromatic heterocycles. The van der Waals surface area contributed by atoms with Crippen LogP contribution in [0.25, 0.3) is 0 Å². The summed E-state index contributed by atoms with van der Waals surface area (Å²) >= 11 is 0. The lowest BCUT2D eigenvalue weighted by Gasteiger charge is -2.47. The van der Waals surface area contributed by atoms with Crippen molar-refractivity contribution in [3.8, 4) is 0 Å². The molecule has 8 unspecified atom stereocenters. The Hall–Kier alpha value is -0.760. The molecule has 4 rings (SSSR count). The quantitative estimate of drug-likeness (QED) is 0.114. The van der Waals surface area contributed by atoms with Crippen LogP contribution in [-0.4, -0.2) is 177 Å². The van der Waals surface area contributed by atoms with Crippen LogP contribution >= 0.6 is 0 Å². The lowest BCUT2D eigenvalue weighted by atomic mass is 9.84. The van der Waals surface area contributed by atoms with Crippen LogP contribution in [0.3, 0.4) is 0 Å². The van der Waals surface area contributed by atoms with Crippen LogP contribution in [0.4, 0.5) is 0 Å². The Kier molecular flexibility index (Phi) is 11.5. The van der Waals surface area contributed by atoms with Crippen LogP contribution in [0.15, 0.2) is 0 Å².